The van der Waals surface area contributed by atoms with Crippen LogP contribution in [0.5, 0.6) is 0 Å². The van der Waals surface area contributed by atoms with Crippen molar-refractivity contribution in [1.29, 1.82) is 0 Å². The standard InChI is InChI=1S/C17H25N3OS/c1-17(2,3)14-5-7-15(8-6-14)20(13-21)16(22)19-11-9-18(4)10-12-19/h5-8,13H,9-12H2,1-4H3. The van der Waals surface area contributed by atoms with E-state index in [0.29, 0.717) is 5.11 Å². The minimum Gasteiger partial charge on any atom is -0.346 e. The van der Waals surface area contributed by atoms with Crippen LogP contribution in [0.25, 0.3) is 0 Å². The van der Waals surface area contributed by atoms with Gasteiger partial charge in [0.1, 0.15) is 0 Å². The van der Waals surface area contributed by atoms with Crippen LogP contribution in [0.3, 0.4) is 0 Å². The number of anilines is 1. The Hall–Kier alpha value is -1.46. The first-order valence-electron chi connectivity index (χ1n) is 7.65. The molecule has 0 N–H and O–H groups in total. The summed E-state index contributed by atoms with van der Waals surface area (Å²) in [6.07, 6.45) is 0.812. The molecule has 22 heavy (non-hydrogen) atoms. The summed E-state index contributed by atoms with van der Waals surface area (Å²) >= 11 is 5.52. The van der Waals surface area contributed by atoms with Crippen molar-refractivity contribution in [3.8, 4) is 0 Å². The maximum Gasteiger partial charge on any atom is 0.220 e. The van der Waals surface area contributed by atoms with Crippen molar-refractivity contribution >= 4 is 29.4 Å². The molecule has 5 heteroatoms. The van der Waals surface area contributed by atoms with Gasteiger partial charge in [-0.2, -0.15) is 0 Å². The molecular formula is C17H25N3OS. The van der Waals surface area contributed by atoms with Crippen molar-refractivity contribution in [2.75, 3.05) is 38.1 Å². The second-order valence-electron chi connectivity index (χ2n) is 6.85. The second-order valence-corrected chi connectivity index (χ2v) is 7.21. The van der Waals surface area contributed by atoms with Gasteiger partial charge in [0.2, 0.25) is 6.41 Å². The highest BCUT2D eigenvalue weighted by molar-refractivity contribution is 7.80. The molecule has 1 aromatic rings. The van der Waals surface area contributed by atoms with Crippen molar-refractivity contribution in [3.05, 3.63) is 29.8 Å². The van der Waals surface area contributed by atoms with E-state index in [9.17, 15) is 4.79 Å². The first-order valence-corrected chi connectivity index (χ1v) is 8.06. The third-order valence-electron chi connectivity index (χ3n) is 4.10. The Bertz CT molecular complexity index is 528. The summed E-state index contributed by atoms with van der Waals surface area (Å²) in [6, 6.07) is 8.07. The van der Waals surface area contributed by atoms with E-state index in [4.69, 9.17) is 12.2 Å². The number of carbonyl (C=O) groups is 1. The molecule has 4 nitrogen and oxygen atoms in total. The number of nitrogens with zero attached hydrogens (tertiary/aromatic N) is 3. The number of hydrogen-bond donors (Lipinski definition) is 0. The van der Waals surface area contributed by atoms with Gasteiger partial charge in [-0.1, -0.05) is 32.9 Å². The highest BCUT2D eigenvalue weighted by atomic mass is 32.1. The van der Waals surface area contributed by atoms with Gasteiger partial charge in [-0.05, 0) is 42.4 Å². The van der Waals surface area contributed by atoms with Crippen LogP contribution in [-0.2, 0) is 10.2 Å². The fourth-order valence-electron chi connectivity index (χ4n) is 2.49. The molecule has 0 unspecified atom stereocenters. The van der Waals surface area contributed by atoms with Crippen LogP contribution in [-0.4, -0.2) is 54.5 Å². The number of amides is 1. The Morgan fingerprint density at radius 1 is 1.14 bits per heavy atom. The van der Waals surface area contributed by atoms with Gasteiger partial charge in [0.25, 0.3) is 0 Å². The molecule has 1 fully saturated rings. The minimum absolute atomic E-state index is 0.0997. The molecule has 0 bridgehead atoms. The number of thiocarbonyl (C=S) groups is 1. The average molecular weight is 319 g/mol. The molecule has 120 valence electrons. The Morgan fingerprint density at radius 2 is 1.68 bits per heavy atom. The summed E-state index contributed by atoms with van der Waals surface area (Å²) in [5, 5.41) is 0.589. The highest BCUT2D eigenvalue weighted by Gasteiger charge is 2.22. The lowest BCUT2D eigenvalue weighted by Gasteiger charge is -2.36. The summed E-state index contributed by atoms with van der Waals surface area (Å²) in [5.41, 5.74) is 2.17. The summed E-state index contributed by atoms with van der Waals surface area (Å²) < 4.78 is 0. The van der Waals surface area contributed by atoms with E-state index >= 15 is 0 Å². The van der Waals surface area contributed by atoms with Crippen LogP contribution in [0.2, 0.25) is 0 Å². The molecular weight excluding hydrogens is 294 g/mol. The highest BCUT2D eigenvalue weighted by Crippen LogP contribution is 2.25. The normalized spacial score (nSPS) is 16.5. The molecule has 0 aliphatic carbocycles. The first kappa shape index (κ1) is 16.9. The average Bonchev–Trinajstić information content (AvgIpc) is 2.48. The van der Waals surface area contributed by atoms with E-state index in [2.05, 4.69) is 49.8 Å². The maximum absolute atomic E-state index is 11.5. The molecule has 0 aromatic heterocycles. The zero-order valence-electron chi connectivity index (χ0n) is 13.9. The summed E-state index contributed by atoms with van der Waals surface area (Å²) in [5.74, 6) is 0. The summed E-state index contributed by atoms with van der Waals surface area (Å²) in [4.78, 5) is 17.5. The van der Waals surface area contributed by atoms with Gasteiger partial charge >= 0.3 is 0 Å². The van der Waals surface area contributed by atoms with Gasteiger partial charge in [0.15, 0.2) is 5.11 Å². The van der Waals surface area contributed by atoms with E-state index in [1.165, 1.54) is 5.56 Å². The molecule has 2 rings (SSSR count). The topological polar surface area (TPSA) is 26.8 Å². The smallest absolute Gasteiger partial charge is 0.220 e. The third kappa shape index (κ3) is 3.84. The predicted octanol–water partition coefficient (Wildman–Crippen LogP) is 2.48. The predicted molar refractivity (Wildman–Crippen MR) is 95.4 cm³/mol. The quantitative estimate of drug-likeness (QED) is 0.618. The fraction of sp³-hybridized carbons (Fsp3) is 0.529. The Morgan fingerprint density at radius 3 is 2.14 bits per heavy atom. The molecule has 1 amide bonds. The number of likely N-dealkylation sites (N-methyl/N-ethyl adjacent to an activating group) is 1. The zero-order valence-corrected chi connectivity index (χ0v) is 14.7. The number of piperazine rings is 1. The van der Waals surface area contributed by atoms with Crippen LogP contribution in [0, 0.1) is 0 Å². The van der Waals surface area contributed by atoms with Crippen molar-refractivity contribution in [3.63, 3.8) is 0 Å². The molecule has 0 radical (unpaired) electrons. The lowest BCUT2D eigenvalue weighted by molar-refractivity contribution is -0.106. The molecule has 1 heterocycles. The number of hydrogen-bond acceptors (Lipinski definition) is 3. The van der Waals surface area contributed by atoms with Crippen molar-refractivity contribution in [2.45, 2.75) is 26.2 Å². The SMILES string of the molecule is CN1CCN(C(=S)N(C=O)c2ccc(C(C)(C)C)cc2)CC1. The van der Waals surface area contributed by atoms with Crippen LogP contribution in [0.15, 0.2) is 24.3 Å². The number of rotatable bonds is 2. The minimum atomic E-state index is 0.0997. The summed E-state index contributed by atoms with van der Waals surface area (Å²) in [7, 11) is 2.10. The second kappa shape index (κ2) is 6.75. The molecule has 0 atom stereocenters. The van der Waals surface area contributed by atoms with Gasteiger partial charge in [0.05, 0.1) is 5.69 Å². The van der Waals surface area contributed by atoms with Crippen molar-refractivity contribution in [2.24, 2.45) is 0 Å². The number of benzene rings is 1. The molecule has 1 aliphatic heterocycles. The Labute approximate surface area is 138 Å². The Kier molecular flexibility index (Phi) is 5.19. The first-order chi connectivity index (χ1) is 10.3. The molecule has 1 aromatic carbocycles. The maximum atomic E-state index is 11.5. The zero-order chi connectivity index (χ0) is 16.3. The van der Waals surface area contributed by atoms with Gasteiger partial charge < -0.3 is 9.80 Å². The van der Waals surface area contributed by atoms with Crippen LogP contribution in [0.4, 0.5) is 5.69 Å². The van der Waals surface area contributed by atoms with E-state index in [1.807, 2.05) is 12.1 Å². The van der Waals surface area contributed by atoms with Gasteiger partial charge in [-0.25, -0.2) is 0 Å². The molecule has 0 saturated carbocycles. The van der Waals surface area contributed by atoms with E-state index < -0.39 is 0 Å². The fourth-order valence-corrected chi connectivity index (χ4v) is 2.82. The van der Waals surface area contributed by atoms with Gasteiger partial charge in [-0.3, -0.25) is 9.69 Å². The van der Waals surface area contributed by atoms with Crippen molar-refractivity contribution in [1.82, 2.24) is 9.80 Å². The Balaban J connectivity index is 2.14. The lowest BCUT2D eigenvalue weighted by Crippen LogP contribution is -2.51. The van der Waals surface area contributed by atoms with Gasteiger partial charge in [-0.15, -0.1) is 0 Å². The van der Waals surface area contributed by atoms with E-state index in [1.54, 1.807) is 4.90 Å². The largest absolute Gasteiger partial charge is 0.346 e. The van der Waals surface area contributed by atoms with Gasteiger partial charge in [0, 0.05) is 26.2 Å². The van der Waals surface area contributed by atoms with Crippen LogP contribution in [0.1, 0.15) is 26.3 Å². The monoisotopic (exact) mass is 319 g/mol. The van der Waals surface area contributed by atoms with E-state index in [0.717, 1.165) is 38.3 Å². The van der Waals surface area contributed by atoms with Crippen LogP contribution < -0.4 is 4.90 Å². The third-order valence-corrected chi connectivity index (χ3v) is 4.55. The molecule has 1 saturated heterocycles. The van der Waals surface area contributed by atoms with Crippen LogP contribution >= 0.6 is 12.2 Å². The van der Waals surface area contributed by atoms with Crippen molar-refractivity contribution < 1.29 is 4.79 Å². The lowest BCUT2D eigenvalue weighted by atomic mass is 9.87. The molecule has 1 aliphatic rings. The summed E-state index contributed by atoms with van der Waals surface area (Å²) in [6.45, 7) is 10.2. The number of carbonyl (C=O) groups excluding carboxylic acids is 1. The molecule has 0 spiro atoms. The van der Waals surface area contributed by atoms with E-state index in [-0.39, 0.29) is 5.41 Å².